The lowest BCUT2D eigenvalue weighted by Crippen LogP contribution is -2.14. The lowest BCUT2D eigenvalue weighted by molar-refractivity contribution is -0.115. The predicted molar refractivity (Wildman–Crippen MR) is 127 cm³/mol. The third-order valence-corrected chi connectivity index (χ3v) is 5.96. The molecule has 0 unspecified atom stereocenters. The molecule has 1 aliphatic heterocycles. The van der Waals surface area contributed by atoms with E-state index in [-0.39, 0.29) is 5.91 Å². The molecule has 160 valence electrons. The van der Waals surface area contributed by atoms with E-state index in [0.29, 0.717) is 6.42 Å². The second-order valence-electron chi connectivity index (χ2n) is 8.27. The summed E-state index contributed by atoms with van der Waals surface area (Å²) in [5.74, 6) is 1.97. The number of hydrogen-bond acceptors (Lipinski definition) is 3. The number of anilines is 1. The quantitative estimate of drug-likeness (QED) is 0.461. The average molecular weight is 423 g/mol. The summed E-state index contributed by atoms with van der Waals surface area (Å²) in [6, 6.07) is 26.3. The number of nitrogens with zero attached hydrogens (tertiary/aromatic N) is 3. The lowest BCUT2D eigenvalue weighted by Gasteiger charge is -2.09. The van der Waals surface area contributed by atoms with Gasteiger partial charge in [-0.1, -0.05) is 61.0 Å². The van der Waals surface area contributed by atoms with Crippen LogP contribution in [0.3, 0.4) is 0 Å². The number of aryl methyl sites for hydroxylation is 1. The molecule has 1 aliphatic rings. The van der Waals surface area contributed by atoms with Crippen LogP contribution in [0, 0.1) is 0 Å². The normalized spacial score (nSPS) is 13.2. The van der Waals surface area contributed by atoms with Crippen LogP contribution < -0.4 is 5.32 Å². The number of nitrogens with one attached hydrogen (secondary N) is 1. The molecule has 4 aromatic rings. The van der Waals surface area contributed by atoms with E-state index in [1.165, 1.54) is 24.8 Å². The van der Waals surface area contributed by atoms with Crippen LogP contribution in [0.1, 0.15) is 30.7 Å². The minimum Gasteiger partial charge on any atom is -0.326 e. The molecular formula is C27H26N4O. The molecule has 32 heavy (non-hydrogen) atoms. The number of rotatable bonds is 5. The molecule has 0 fully saturated rings. The fraction of sp³-hybridized carbons (Fsp3) is 0.222. The van der Waals surface area contributed by atoms with Gasteiger partial charge in [0, 0.05) is 24.2 Å². The summed E-state index contributed by atoms with van der Waals surface area (Å²) in [5, 5.41) is 11.8. The SMILES string of the molecule is O=C(Cc1ccc(-c2ccccc2)cc1)Nc1ccc(-c2nnc3n2CCCCC3)cc1. The Hall–Kier alpha value is -3.73. The highest BCUT2D eigenvalue weighted by molar-refractivity contribution is 5.92. The van der Waals surface area contributed by atoms with Gasteiger partial charge < -0.3 is 9.88 Å². The van der Waals surface area contributed by atoms with Crippen LogP contribution >= 0.6 is 0 Å². The maximum atomic E-state index is 12.5. The standard InChI is InChI=1S/C27H26N4O/c32-26(19-20-10-12-22(13-11-20)21-7-3-1-4-8-21)28-24-16-14-23(15-17-24)27-30-29-25-9-5-2-6-18-31(25)27/h1,3-4,7-8,10-17H,2,5-6,9,18-19H2,(H,28,32). The first-order chi connectivity index (χ1) is 15.8. The first-order valence-electron chi connectivity index (χ1n) is 11.2. The van der Waals surface area contributed by atoms with Gasteiger partial charge in [-0.3, -0.25) is 4.79 Å². The minimum absolute atomic E-state index is 0.0263. The minimum atomic E-state index is -0.0263. The molecule has 0 aliphatic carbocycles. The van der Waals surface area contributed by atoms with Crippen molar-refractivity contribution in [2.24, 2.45) is 0 Å². The topological polar surface area (TPSA) is 59.8 Å². The molecule has 1 N–H and O–H groups in total. The van der Waals surface area contributed by atoms with Crippen molar-refractivity contribution in [2.75, 3.05) is 5.32 Å². The fourth-order valence-electron chi connectivity index (χ4n) is 4.24. The summed E-state index contributed by atoms with van der Waals surface area (Å²) in [6.45, 7) is 0.971. The van der Waals surface area contributed by atoms with Crippen LogP contribution in [0.15, 0.2) is 78.9 Å². The van der Waals surface area contributed by atoms with E-state index in [4.69, 9.17) is 0 Å². The van der Waals surface area contributed by atoms with Gasteiger partial charge in [0.2, 0.25) is 5.91 Å². The Morgan fingerprint density at radius 1 is 0.781 bits per heavy atom. The highest BCUT2D eigenvalue weighted by Crippen LogP contribution is 2.24. The summed E-state index contributed by atoms with van der Waals surface area (Å²) in [4.78, 5) is 12.5. The number of fused-ring (bicyclic) bond motifs is 1. The monoisotopic (exact) mass is 422 g/mol. The number of benzene rings is 3. The van der Waals surface area contributed by atoms with Crippen molar-refractivity contribution in [3.8, 4) is 22.5 Å². The van der Waals surface area contributed by atoms with Gasteiger partial charge in [-0.05, 0) is 53.8 Å². The number of carbonyl (C=O) groups is 1. The van der Waals surface area contributed by atoms with Crippen molar-refractivity contribution in [1.29, 1.82) is 0 Å². The van der Waals surface area contributed by atoms with Crippen molar-refractivity contribution in [3.63, 3.8) is 0 Å². The van der Waals surface area contributed by atoms with Gasteiger partial charge in [0.05, 0.1) is 6.42 Å². The third kappa shape index (κ3) is 4.47. The number of amides is 1. The van der Waals surface area contributed by atoms with Crippen LogP contribution in [0.4, 0.5) is 5.69 Å². The first kappa shape index (κ1) is 20.2. The van der Waals surface area contributed by atoms with Crippen molar-refractivity contribution < 1.29 is 4.79 Å². The second kappa shape index (κ2) is 9.18. The molecule has 5 rings (SSSR count). The Balaban J connectivity index is 1.22. The van der Waals surface area contributed by atoms with E-state index in [0.717, 1.165) is 47.0 Å². The van der Waals surface area contributed by atoms with Crippen molar-refractivity contribution in [3.05, 3.63) is 90.3 Å². The number of carbonyl (C=O) groups excluding carboxylic acids is 1. The Morgan fingerprint density at radius 2 is 1.50 bits per heavy atom. The lowest BCUT2D eigenvalue weighted by atomic mass is 10.0. The van der Waals surface area contributed by atoms with E-state index in [2.05, 4.69) is 44.3 Å². The van der Waals surface area contributed by atoms with Gasteiger partial charge in [0.25, 0.3) is 0 Å². The zero-order chi connectivity index (χ0) is 21.8. The molecular weight excluding hydrogens is 396 g/mol. The van der Waals surface area contributed by atoms with Crippen LogP contribution in [0.2, 0.25) is 0 Å². The van der Waals surface area contributed by atoms with E-state index in [9.17, 15) is 4.79 Å². The summed E-state index contributed by atoms with van der Waals surface area (Å²) in [5.41, 5.74) is 5.13. The van der Waals surface area contributed by atoms with Crippen molar-refractivity contribution in [1.82, 2.24) is 14.8 Å². The van der Waals surface area contributed by atoms with Crippen LogP contribution in [0.5, 0.6) is 0 Å². The smallest absolute Gasteiger partial charge is 0.228 e. The molecule has 0 spiro atoms. The zero-order valence-corrected chi connectivity index (χ0v) is 18.0. The number of hydrogen-bond donors (Lipinski definition) is 1. The highest BCUT2D eigenvalue weighted by atomic mass is 16.1. The van der Waals surface area contributed by atoms with Crippen molar-refractivity contribution >= 4 is 11.6 Å². The molecule has 0 saturated heterocycles. The molecule has 5 heteroatoms. The molecule has 2 heterocycles. The Labute approximate surface area is 188 Å². The zero-order valence-electron chi connectivity index (χ0n) is 18.0. The van der Waals surface area contributed by atoms with E-state index < -0.39 is 0 Å². The maximum Gasteiger partial charge on any atom is 0.228 e. The average Bonchev–Trinajstić information content (AvgIpc) is 3.08. The summed E-state index contributed by atoms with van der Waals surface area (Å²) < 4.78 is 2.24. The van der Waals surface area contributed by atoms with Gasteiger partial charge >= 0.3 is 0 Å². The van der Waals surface area contributed by atoms with Crippen LogP contribution in [-0.2, 0) is 24.2 Å². The van der Waals surface area contributed by atoms with Crippen LogP contribution in [-0.4, -0.2) is 20.7 Å². The van der Waals surface area contributed by atoms with Gasteiger partial charge in [-0.2, -0.15) is 0 Å². The van der Waals surface area contributed by atoms with Gasteiger partial charge in [-0.25, -0.2) is 0 Å². The Kier molecular flexibility index (Phi) is 5.79. The molecule has 5 nitrogen and oxygen atoms in total. The highest BCUT2D eigenvalue weighted by Gasteiger charge is 2.16. The molecule has 3 aromatic carbocycles. The summed E-state index contributed by atoms with van der Waals surface area (Å²) >= 11 is 0. The van der Waals surface area contributed by atoms with E-state index in [1.807, 2.05) is 54.6 Å². The molecule has 0 saturated carbocycles. The predicted octanol–water partition coefficient (Wildman–Crippen LogP) is 5.52. The molecule has 0 atom stereocenters. The number of aromatic nitrogens is 3. The Bertz CT molecular complexity index is 1190. The molecule has 1 amide bonds. The van der Waals surface area contributed by atoms with Crippen LogP contribution in [0.25, 0.3) is 22.5 Å². The van der Waals surface area contributed by atoms with Gasteiger partial charge in [0.15, 0.2) is 5.82 Å². The fourth-order valence-corrected chi connectivity index (χ4v) is 4.24. The largest absolute Gasteiger partial charge is 0.326 e. The third-order valence-electron chi connectivity index (χ3n) is 5.96. The van der Waals surface area contributed by atoms with Crippen molar-refractivity contribution in [2.45, 2.75) is 38.6 Å². The van der Waals surface area contributed by atoms with E-state index in [1.54, 1.807) is 0 Å². The first-order valence-corrected chi connectivity index (χ1v) is 11.2. The summed E-state index contributed by atoms with van der Waals surface area (Å²) in [7, 11) is 0. The van der Waals surface area contributed by atoms with Gasteiger partial charge in [-0.15, -0.1) is 10.2 Å². The Morgan fingerprint density at radius 3 is 2.28 bits per heavy atom. The molecule has 1 aromatic heterocycles. The summed E-state index contributed by atoms with van der Waals surface area (Å²) in [6.07, 6.45) is 4.92. The van der Waals surface area contributed by atoms with Gasteiger partial charge in [0.1, 0.15) is 5.82 Å². The maximum absolute atomic E-state index is 12.5. The molecule has 0 radical (unpaired) electrons. The van der Waals surface area contributed by atoms with E-state index >= 15 is 0 Å². The molecule has 0 bridgehead atoms. The second-order valence-corrected chi connectivity index (χ2v) is 8.27.